The van der Waals surface area contributed by atoms with Crippen LogP contribution in [0.1, 0.15) is 0 Å². The summed E-state index contributed by atoms with van der Waals surface area (Å²) in [5.41, 5.74) is 1.43. The summed E-state index contributed by atoms with van der Waals surface area (Å²) < 4.78 is 0. The van der Waals surface area contributed by atoms with Gasteiger partial charge in [0, 0.05) is 32.8 Å². The fraction of sp³-hybridized carbons (Fsp3) is 0.556. The van der Waals surface area contributed by atoms with Crippen LogP contribution < -0.4 is 10.6 Å². The molecule has 66 valence electrons. The number of hydrogen-bond acceptors (Lipinski definition) is 3. The van der Waals surface area contributed by atoms with Crippen molar-refractivity contribution in [2.75, 3.05) is 32.8 Å². The van der Waals surface area contributed by atoms with Crippen LogP contribution in [0.4, 0.5) is 0 Å². The first-order valence-electron chi connectivity index (χ1n) is 4.47. The lowest BCUT2D eigenvalue weighted by molar-refractivity contribution is 0.366. The summed E-state index contributed by atoms with van der Waals surface area (Å²) in [6.45, 7) is 5.42. The Morgan fingerprint density at radius 2 is 2.50 bits per heavy atom. The van der Waals surface area contributed by atoms with E-state index in [1.807, 2.05) is 6.20 Å². The number of rotatable bonds is 2. The molecule has 2 N–H and O–H groups in total. The molecular weight excluding hydrogens is 150 g/mol. The Morgan fingerprint density at radius 3 is 3.17 bits per heavy atom. The second-order valence-corrected chi connectivity index (χ2v) is 3.23. The fourth-order valence-corrected chi connectivity index (χ4v) is 1.56. The van der Waals surface area contributed by atoms with E-state index in [4.69, 9.17) is 0 Å². The zero-order valence-electron chi connectivity index (χ0n) is 7.21. The Balaban J connectivity index is 1.85. The molecule has 2 aliphatic rings. The van der Waals surface area contributed by atoms with Crippen molar-refractivity contribution in [1.82, 2.24) is 15.5 Å². The molecule has 0 unspecified atom stereocenters. The summed E-state index contributed by atoms with van der Waals surface area (Å²) in [6, 6.07) is 0. The molecule has 2 rings (SSSR count). The van der Waals surface area contributed by atoms with Crippen molar-refractivity contribution < 1.29 is 0 Å². The maximum absolute atomic E-state index is 3.32. The third kappa shape index (κ3) is 1.87. The normalized spacial score (nSPS) is 23.8. The monoisotopic (exact) mass is 165 g/mol. The third-order valence-electron chi connectivity index (χ3n) is 2.24. The Hall–Kier alpha value is -0.800. The molecular formula is C9H15N3. The number of dihydropyridines is 1. The lowest BCUT2D eigenvalue weighted by atomic mass is 10.2. The van der Waals surface area contributed by atoms with Crippen molar-refractivity contribution in [1.29, 1.82) is 0 Å². The van der Waals surface area contributed by atoms with Crippen molar-refractivity contribution in [3.05, 3.63) is 23.9 Å². The summed E-state index contributed by atoms with van der Waals surface area (Å²) >= 11 is 0. The molecule has 0 spiro atoms. The standard InChI is InChI=1S/C9H15N3/c1-3-10-4-2-9(1)7-12-6-5-11-8-12/h1-3,10-11H,4-8H2. The molecule has 0 saturated carbocycles. The molecule has 0 atom stereocenters. The minimum atomic E-state index is 0.979. The van der Waals surface area contributed by atoms with Crippen LogP contribution in [0.2, 0.25) is 0 Å². The molecule has 3 nitrogen and oxygen atoms in total. The molecule has 0 amide bonds. The van der Waals surface area contributed by atoms with E-state index in [0.717, 1.165) is 26.3 Å². The lowest BCUT2D eigenvalue weighted by Crippen LogP contribution is -2.25. The van der Waals surface area contributed by atoms with Crippen LogP contribution in [0, 0.1) is 0 Å². The van der Waals surface area contributed by atoms with E-state index in [9.17, 15) is 0 Å². The van der Waals surface area contributed by atoms with Gasteiger partial charge in [0.05, 0.1) is 0 Å². The second-order valence-electron chi connectivity index (χ2n) is 3.23. The molecule has 1 saturated heterocycles. The zero-order chi connectivity index (χ0) is 8.23. The summed E-state index contributed by atoms with van der Waals surface area (Å²) in [7, 11) is 0. The summed E-state index contributed by atoms with van der Waals surface area (Å²) in [5.74, 6) is 0. The quantitative estimate of drug-likeness (QED) is 0.598. The Bertz CT molecular complexity index is 202. The van der Waals surface area contributed by atoms with Crippen molar-refractivity contribution >= 4 is 0 Å². The average Bonchev–Trinajstić information content (AvgIpc) is 2.59. The molecule has 0 aromatic rings. The van der Waals surface area contributed by atoms with Gasteiger partial charge in [-0.05, 0) is 17.8 Å². The zero-order valence-corrected chi connectivity index (χ0v) is 7.21. The molecule has 0 radical (unpaired) electrons. The highest BCUT2D eigenvalue weighted by atomic mass is 15.3. The molecule has 0 aromatic heterocycles. The largest absolute Gasteiger partial charge is 0.387 e. The van der Waals surface area contributed by atoms with E-state index in [2.05, 4.69) is 27.7 Å². The van der Waals surface area contributed by atoms with Gasteiger partial charge in [0.2, 0.25) is 0 Å². The van der Waals surface area contributed by atoms with Gasteiger partial charge in [-0.15, -0.1) is 0 Å². The van der Waals surface area contributed by atoms with Crippen LogP contribution in [-0.4, -0.2) is 37.7 Å². The third-order valence-corrected chi connectivity index (χ3v) is 2.24. The highest BCUT2D eigenvalue weighted by molar-refractivity contribution is 5.23. The average molecular weight is 165 g/mol. The lowest BCUT2D eigenvalue weighted by Gasteiger charge is -2.16. The topological polar surface area (TPSA) is 27.3 Å². The number of nitrogens with zero attached hydrogens (tertiary/aromatic N) is 1. The van der Waals surface area contributed by atoms with Gasteiger partial charge >= 0.3 is 0 Å². The van der Waals surface area contributed by atoms with Crippen molar-refractivity contribution in [3.8, 4) is 0 Å². The molecule has 12 heavy (non-hydrogen) atoms. The molecule has 0 aliphatic carbocycles. The SMILES string of the molecule is C1=CC(CN2CCNC2)=CCN1. The van der Waals surface area contributed by atoms with Crippen LogP contribution in [-0.2, 0) is 0 Å². The molecule has 2 aliphatic heterocycles. The maximum atomic E-state index is 3.32. The van der Waals surface area contributed by atoms with Crippen molar-refractivity contribution in [2.24, 2.45) is 0 Å². The van der Waals surface area contributed by atoms with Gasteiger partial charge in [-0.25, -0.2) is 0 Å². The van der Waals surface area contributed by atoms with Gasteiger partial charge in [-0.1, -0.05) is 6.08 Å². The van der Waals surface area contributed by atoms with Crippen LogP contribution in [0.15, 0.2) is 23.9 Å². The second kappa shape index (κ2) is 3.74. The van der Waals surface area contributed by atoms with E-state index >= 15 is 0 Å². The Morgan fingerprint density at radius 1 is 1.50 bits per heavy atom. The molecule has 0 aromatic carbocycles. The van der Waals surface area contributed by atoms with Gasteiger partial charge in [0.25, 0.3) is 0 Å². The molecule has 1 fully saturated rings. The first-order chi connectivity index (χ1) is 5.95. The molecule has 0 bridgehead atoms. The van der Waals surface area contributed by atoms with Crippen LogP contribution >= 0.6 is 0 Å². The minimum absolute atomic E-state index is 0.979. The molecule has 2 heterocycles. The smallest absolute Gasteiger partial charge is 0.0484 e. The van der Waals surface area contributed by atoms with Gasteiger partial charge in [-0.3, -0.25) is 4.90 Å². The summed E-state index contributed by atoms with van der Waals surface area (Å²) in [4.78, 5) is 2.42. The predicted octanol–water partition coefficient (Wildman–Crippen LogP) is -0.108. The van der Waals surface area contributed by atoms with E-state index in [0.29, 0.717) is 0 Å². The first kappa shape index (κ1) is 7.83. The van der Waals surface area contributed by atoms with E-state index in [1.54, 1.807) is 0 Å². The van der Waals surface area contributed by atoms with Gasteiger partial charge < -0.3 is 10.6 Å². The first-order valence-corrected chi connectivity index (χ1v) is 4.47. The summed E-state index contributed by atoms with van der Waals surface area (Å²) in [6.07, 6.45) is 6.43. The highest BCUT2D eigenvalue weighted by Crippen LogP contribution is 2.04. The molecule has 3 heteroatoms. The predicted molar refractivity (Wildman–Crippen MR) is 49.7 cm³/mol. The van der Waals surface area contributed by atoms with E-state index < -0.39 is 0 Å². The Kier molecular flexibility index (Phi) is 2.44. The summed E-state index contributed by atoms with van der Waals surface area (Å²) in [5, 5.41) is 6.47. The van der Waals surface area contributed by atoms with Gasteiger partial charge in [0.15, 0.2) is 0 Å². The van der Waals surface area contributed by atoms with Gasteiger partial charge in [-0.2, -0.15) is 0 Å². The Labute approximate surface area is 73.1 Å². The van der Waals surface area contributed by atoms with Gasteiger partial charge in [0.1, 0.15) is 0 Å². The van der Waals surface area contributed by atoms with E-state index in [-0.39, 0.29) is 0 Å². The van der Waals surface area contributed by atoms with Crippen LogP contribution in [0.25, 0.3) is 0 Å². The van der Waals surface area contributed by atoms with Crippen molar-refractivity contribution in [3.63, 3.8) is 0 Å². The number of hydrogen-bond donors (Lipinski definition) is 2. The van der Waals surface area contributed by atoms with E-state index in [1.165, 1.54) is 12.1 Å². The highest BCUT2D eigenvalue weighted by Gasteiger charge is 2.11. The van der Waals surface area contributed by atoms with Crippen LogP contribution in [0.5, 0.6) is 0 Å². The number of nitrogens with one attached hydrogen (secondary N) is 2. The minimum Gasteiger partial charge on any atom is -0.387 e. The van der Waals surface area contributed by atoms with Crippen molar-refractivity contribution in [2.45, 2.75) is 0 Å². The van der Waals surface area contributed by atoms with Crippen LogP contribution in [0.3, 0.4) is 0 Å². The maximum Gasteiger partial charge on any atom is 0.0484 e. The fourth-order valence-electron chi connectivity index (χ4n) is 1.56.